The minimum Gasteiger partial charge on any atom is -0.495 e. The number of amides is 1. The van der Waals surface area contributed by atoms with E-state index in [0.717, 1.165) is 41.2 Å². The Labute approximate surface area is 192 Å². The second-order valence-corrected chi connectivity index (χ2v) is 7.96. The molecule has 0 atom stereocenters. The first kappa shape index (κ1) is 20.9. The Morgan fingerprint density at radius 3 is 2.36 bits per heavy atom. The Kier molecular flexibility index (Phi) is 5.89. The van der Waals surface area contributed by atoms with Gasteiger partial charge in [-0.3, -0.25) is 4.79 Å². The van der Waals surface area contributed by atoms with Crippen molar-refractivity contribution in [1.82, 2.24) is 4.90 Å². The number of ether oxygens (including phenoxy) is 2. The van der Waals surface area contributed by atoms with Crippen LogP contribution in [0.3, 0.4) is 0 Å². The lowest BCUT2D eigenvalue weighted by atomic mass is 10.1. The van der Waals surface area contributed by atoms with Gasteiger partial charge >= 0.3 is 0 Å². The molecule has 1 aliphatic rings. The van der Waals surface area contributed by atoms with Crippen LogP contribution in [0.25, 0.3) is 11.0 Å². The van der Waals surface area contributed by atoms with Gasteiger partial charge in [0.25, 0.3) is 5.91 Å². The van der Waals surface area contributed by atoms with Crippen LogP contribution >= 0.6 is 0 Å². The van der Waals surface area contributed by atoms with E-state index in [4.69, 9.17) is 13.9 Å². The van der Waals surface area contributed by atoms with Gasteiger partial charge in [-0.1, -0.05) is 48.5 Å². The molecule has 3 aromatic carbocycles. The molecule has 6 heteroatoms. The average Bonchev–Trinajstić information content (AvgIpc) is 3.26. The van der Waals surface area contributed by atoms with E-state index in [0.29, 0.717) is 24.4 Å². The highest BCUT2D eigenvalue weighted by atomic mass is 16.5. The molecule has 168 valence electrons. The summed E-state index contributed by atoms with van der Waals surface area (Å²) in [4.78, 5) is 17.6. The Bertz CT molecular complexity index is 1240. The number of carbonyl (C=O) groups is 1. The van der Waals surface area contributed by atoms with Crippen LogP contribution in [0.5, 0.6) is 11.5 Å². The Morgan fingerprint density at radius 2 is 1.58 bits per heavy atom. The lowest BCUT2D eigenvalue weighted by Gasteiger charge is -2.36. The molecule has 0 radical (unpaired) electrons. The minimum atomic E-state index is -0.0995. The van der Waals surface area contributed by atoms with Gasteiger partial charge in [-0.05, 0) is 30.3 Å². The van der Waals surface area contributed by atoms with Gasteiger partial charge in [0, 0.05) is 37.1 Å². The number of nitrogens with zero attached hydrogens (tertiary/aromatic N) is 2. The second-order valence-electron chi connectivity index (χ2n) is 7.96. The van der Waals surface area contributed by atoms with Gasteiger partial charge in [0.05, 0.1) is 12.8 Å². The molecule has 0 saturated carbocycles. The van der Waals surface area contributed by atoms with Gasteiger partial charge in [-0.25, -0.2) is 0 Å². The van der Waals surface area contributed by atoms with Gasteiger partial charge in [0.15, 0.2) is 5.76 Å². The highest BCUT2D eigenvalue weighted by Gasteiger charge is 2.29. The fraction of sp³-hybridized carbons (Fsp3) is 0.222. The van der Waals surface area contributed by atoms with E-state index in [1.807, 2.05) is 77.7 Å². The Morgan fingerprint density at radius 1 is 0.879 bits per heavy atom. The third-order valence-corrected chi connectivity index (χ3v) is 6.01. The van der Waals surface area contributed by atoms with Gasteiger partial charge in [-0.2, -0.15) is 0 Å². The molecule has 0 spiro atoms. The number of furan rings is 1. The van der Waals surface area contributed by atoms with E-state index < -0.39 is 0 Å². The summed E-state index contributed by atoms with van der Waals surface area (Å²) < 4.78 is 17.5. The largest absolute Gasteiger partial charge is 0.495 e. The van der Waals surface area contributed by atoms with Gasteiger partial charge in [0.2, 0.25) is 0 Å². The van der Waals surface area contributed by atoms with Crippen molar-refractivity contribution in [3.05, 3.63) is 90.2 Å². The number of hydrogen-bond acceptors (Lipinski definition) is 5. The number of para-hydroxylation sites is 4. The molecule has 1 aliphatic heterocycles. The highest BCUT2D eigenvalue weighted by Crippen LogP contribution is 2.31. The van der Waals surface area contributed by atoms with Gasteiger partial charge in [0.1, 0.15) is 23.7 Å². The standard InChI is InChI=1S/C27H26N2O4/c1-31-25-14-8-6-12-23(25)28-15-17-29(18-16-28)27(30)26-22(19-32-20-9-3-2-4-10-20)21-11-5-7-13-24(21)33-26/h2-14H,15-19H2,1H3. The lowest BCUT2D eigenvalue weighted by Crippen LogP contribution is -2.49. The molecule has 0 N–H and O–H groups in total. The normalized spacial score (nSPS) is 13.8. The van der Waals surface area contributed by atoms with E-state index >= 15 is 0 Å². The summed E-state index contributed by atoms with van der Waals surface area (Å²) in [7, 11) is 1.68. The van der Waals surface area contributed by atoms with Crippen LogP contribution in [0.15, 0.2) is 83.3 Å². The zero-order valence-corrected chi connectivity index (χ0v) is 18.6. The number of benzene rings is 3. The molecule has 2 heterocycles. The van der Waals surface area contributed by atoms with E-state index in [-0.39, 0.29) is 12.5 Å². The van der Waals surface area contributed by atoms with Crippen molar-refractivity contribution in [2.75, 3.05) is 38.2 Å². The van der Waals surface area contributed by atoms with E-state index in [9.17, 15) is 4.79 Å². The van der Waals surface area contributed by atoms with Crippen LogP contribution in [0, 0.1) is 0 Å². The highest BCUT2D eigenvalue weighted by molar-refractivity contribution is 5.99. The van der Waals surface area contributed by atoms with Crippen molar-refractivity contribution in [1.29, 1.82) is 0 Å². The predicted octanol–water partition coefficient (Wildman–Crippen LogP) is 4.98. The molecule has 4 aromatic rings. The van der Waals surface area contributed by atoms with Crippen LogP contribution in [0.1, 0.15) is 16.1 Å². The van der Waals surface area contributed by atoms with Crippen LogP contribution in [-0.4, -0.2) is 44.1 Å². The summed E-state index contributed by atoms with van der Waals surface area (Å²) in [6, 6.07) is 25.3. The van der Waals surface area contributed by atoms with Crippen molar-refractivity contribution in [3.8, 4) is 11.5 Å². The SMILES string of the molecule is COc1ccccc1N1CCN(C(=O)c2oc3ccccc3c2COc2ccccc2)CC1. The molecule has 5 rings (SSSR count). The number of anilines is 1. The third kappa shape index (κ3) is 4.24. The molecule has 0 unspecified atom stereocenters. The number of piperazine rings is 1. The maximum atomic E-state index is 13.5. The minimum absolute atomic E-state index is 0.0995. The van der Waals surface area contributed by atoms with Crippen molar-refractivity contribution < 1.29 is 18.7 Å². The summed E-state index contributed by atoms with van der Waals surface area (Å²) in [6.45, 7) is 2.92. The number of rotatable bonds is 6. The van der Waals surface area contributed by atoms with E-state index in [1.54, 1.807) is 7.11 Å². The number of carbonyl (C=O) groups excluding carboxylic acids is 1. The summed E-state index contributed by atoms with van der Waals surface area (Å²) in [6.07, 6.45) is 0. The molecular formula is C27H26N2O4. The smallest absolute Gasteiger partial charge is 0.290 e. The van der Waals surface area contributed by atoms with E-state index in [1.165, 1.54) is 0 Å². The van der Waals surface area contributed by atoms with Gasteiger partial charge < -0.3 is 23.7 Å². The Hall–Kier alpha value is -3.93. The molecular weight excluding hydrogens is 416 g/mol. The second kappa shape index (κ2) is 9.28. The van der Waals surface area contributed by atoms with Crippen LogP contribution in [-0.2, 0) is 6.61 Å². The molecule has 1 amide bonds. The fourth-order valence-corrected chi connectivity index (χ4v) is 4.27. The first-order valence-corrected chi connectivity index (χ1v) is 11.1. The molecule has 6 nitrogen and oxygen atoms in total. The molecule has 1 fully saturated rings. The Balaban J connectivity index is 1.35. The summed E-state index contributed by atoms with van der Waals surface area (Å²) >= 11 is 0. The topological polar surface area (TPSA) is 55.2 Å². The first-order chi connectivity index (χ1) is 16.2. The number of fused-ring (bicyclic) bond motifs is 1. The van der Waals surface area contributed by atoms with Crippen molar-refractivity contribution >= 4 is 22.6 Å². The summed E-state index contributed by atoms with van der Waals surface area (Å²) in [5.74, 6) is 1.86. The average molecular weight is 443 g/mol. The predicted molar refractivity (Wildman–Crippen MR) is 128 cm³/mol. The molecule has 33 heavy (non-hydrogen) atoms. The fourth-order valence-electron chi connectivity index (χ4n) is 4.27. The summed E-state index contributed by atoms with van der Waals surface area (Å²) in [5, 5.41) is 0.907. The van der Waals surface area contributed by atoms with Crippen LogP contribution in [0.4, 0.5) is 5.69 Å². The number of hydrogen-bond donors (Lipinski definition) is 0. The van der Waals surface area contributed by atoms with Crippen LogP contribution in [0.2, 0.25) is 0 Å². The van der Waals surface area contributed by atoms with Crippen molar-refractivity contribution in [3.63, 3.8) is 0 Å². The first-order valence-electron chi connectivity index (χ1n) is 11.1. The maximum absolute atomic E-state index is 13.5. The molecule has 1 saturated heterocycles. The molecule has 0 aliphatic carbocycles. The van der Waals surface area contributed by atoms with Crippen LogP contribution < -0.4 is 14.4 Å². The van der Waals surface area contributed by atoms with Crippen molar-refractivity contribution in [2.24, 2.45) is 0 Å². The molecule has 1 aromatic heterocycles. The third-order valence-electron chi connectivity index (χ3n) is 6.01. The monoisotopic (exact) mass is 442 g/mol. The summed E-state index contributed by atoms with van der Waals surface area (Å²) in [5.41, 5.74) is 2.53. The van der Waals surface area contributed by atoms with Gasteiger partial charge in [-0.15, -0.1) is 0 Å². The van der Waals surface area contributed by atoms with Crippen molar-refractivity contribution in [2.45, 2.75) is 6.61 Å². The number of methoxy groups -OCH3 is 1. The molecule has 0 bridgehead atoms. The lowest BCUT2D eigenvalue weighted by molar-refractivity contribution is 0.0713. The van der Waals surface area contributed by atoms with E-state index in [2.05, 4.69) is 11.0 Å². The zero-order valence-electron chi connectivity index (χ0n) is 18.6. The maximum Gasteiger partial charge on any atom is 0.290 e. The zero-order chi connectivity index (χ0) is 22.6. The quantitative estimate of drug-likeness (QED) is 0.421.